The first-order valence-corrected chi connectivity index (χ1v) is 21.5. The number of ether oxygens (including phenoxy) is 5. The van der Waals surface area contributed by atoms with E-state index in [2.05, 4.69) is 5.32 Å². The third-order valence-electron chi connectivity index (χ3n) is 13.8. The van der Waals surface area contributed by atoms with Crippen molar-refractivity contribution in [2.75, 3.05) is 6.61 Å². The summed E-state index contributed by atoms with van der Waals surface area (Å²) >= 11 is 0. The number of nitro groups is 1. The monoisotopic (exact) mass is 1350 g/mol. The van der Waals surface area contributed by atoms with Crippen molar-refractivity contribution in [1.82, 2.24) is 5.32 Å². The second kappa shape index (κ2) is 21.0. The van der Waals surface area contributed by atoms with Crippen LogP contribution in [0, 0.1) is 115 Å². The molecule has 2 saturated carbocycles. The molecule has 17 nitrogen and oxygen atoms in total. The fourth-order valence-electron chi connectivity index (χ4n) is 10.3. The SMILES string of the molecule is CC1=C2C(O)C(=O)[C@]3(C)C(OCc4ccc([N+](=O)[O-])cc4)CC4OCC4(O)C3C(OC(=O)c3ccccc3)C(O)(CC1OC(=O)C(O)C(NC(=O)OC(C)(C)C)c1ccccc1)C2(C)C.[Ac].[Ac]. The number of Topliss-reactive ketones (excluding diaryl/α,β-unsaturated/α-hetero) is 1. The number of ketones is 1. The molecule has 4 aliphatic rings. The van der Waals surface area contributed by atoms with Gasteiger partial charge in [-0.3, -0.25) is 14.9 Å². The zero-order valence-electron chi connectivity index (χ0n) is 38.4. The van der Waals surface area contributed by atoms with Crippen molar-refractivity contribution in [3.05, 3.63) is 123 Å². The Labute approximate surface area is 459 Å². The zero-order valence-corrected chi connectivity index (χ0v) is 47.9. The summed E-state index contributed by atoms with van der Waals surface area (Å²) in [7, 11) is 0. The molecule has 19 heteroatoms. The van der Waals surface area contributed by atoms with Crippen LogP contribution in [0.15, 0.2) is 96.1 Å². The molecule has 3 fully saturated rings. The molecule has 1 aliphatic heterocycles. The molecule has 0 aromatic heterocycles. The van der Waals surface area contributed by atoms with Crippen LogP contribution >= 0.6 is 0 Å². The first-order valence-electron chi connectivity index (χ1n) is 21.5. The van der Waals surface area contributed by atoms with Gasteiger partial charge in [-0.05, 0) is 81.2 Å². The number of nitrogens with one attached hydrogen (secondary N) is 1. The van der Waals surface area contributed by atoms with Crippen molar-refractivity contribution in [1.29, 1.82) is 0 Å². The Hall–Kier alpha value is -2.68. The Bertz CT molecular complexity index is 2360. The molecule has 2 bridgehead atoms. The quantitative estimate of drug-likeness (QED) is 0.0568. The van der Waals surface area contributed by atoms with Crippen molar-refractivity contribution in [3.63, 3.8) is 0 Å². The number of hydrogen-bond acceptors (Lipinski definition) is 15. The summed E-state index contributed by atoms with van der Waals surface area (Å²) < 4.78 is 30.2. The maximum Gasteiger partial charge on any atom is 0.408 e. The Morgan fingerprint density at radius 3 is 2.09 bits per heavy atom. The van der Waals surface area contributed by atoms with E-state index >= 15 is 4.79 Å². The number of benzene rings is 3. The smallest absolute Gasteiger partial charge is 0.408 e. The molecule has 2 radical (unpaired) electrons. The predicted molar refractivity (Wildman–Crippen MR) is 230 cm³/mol. The molecule has 1 amide bonds. The number of fused-ring (bicyclic) bond motifs is 5. The molecule has 5 N–H and O–H groups in total. The van der Waals surface area contributed by atoms with Gasteiger partial charge < -0.3 is 49.4 Å². The number of alkyl carbamates (subject to hydrolysis) is 1. The van der Waals surface area contributed by atoms with Gasteiger partial charge in [-0.2, -0.15) is 0 Å². The molecular formula is C48H56Ac2N2O15. The molecule has 10 unspecified atom stereocenters. The van der Waals surface area contributed by atoms with Gasteiger partial charge in [0.25, 0.3) is 5.69 Å². The number of aliphatic hydroxyl groups is 4. The van der Waals surface area contributed by atoms with E-state index in [0.29, 0.717) is 11.1 Å². The second-order valence-electron chi connectivity index (χ2n) is 19.2. The number of carbonyl (C=O) groups is 4. The number of nitro benzene ring substituents is 1. The van der Waals surface area contributed by atoms with E-state index in [1.165, 1.54) is 50.2 Å². The number of aliphatic hydroxyl groups excluding tert-OH is 2. The molecule has 7 rings (SSSR count). The number of nitrogens with zero attached hydrogens (tertiary/aromatic N) is 1. The predicted octanol–water partition coefficient (Wildman–Crippen LogP) is 4.82. The van der Waals surface area contributed by atoms with E-state index < -0.39 is 111 Å². The molecule has 1 heterocycles. The summed E-state index contributed by atoms with van der Waals surface area (Å²) in [6, 6.07) is 20.2. The Kier molecular flexibility index (Phi) is 17.3. The average molecular weight is 1350 g/mol. The van der Waals surface area contributed by atoms with E-state index in [1.807, 2.05) is 0 Å². The Morgan fingerprint density at radius 1 is 0.940 bits per heavy atom. The molecule has 11 atom stereocenters. The van der Waals surface area contributed by atoms with Crippen LogP contribution in [0.1, 0.15) is 88.8 Å². The van der Waals surface area contributed by atoms with Gasteiger partial charge in [0.1, 0.15) is 35.1 Å². The van der Waals surface area contributed by atoms with E-state index in [0.717, 1.165) is 0 Å². The van der Waals surface area contributed by atoms with E-state index in [4.69, 9.17) is 23.7 Å². The van der Waals surface area contributed by atoms with E-state index in [-0.39, 0.29) is 130 Å². The number of hydrogen-bond donors (Lipinski definition) is 5. The molecule has 354 valence electrons. The first kappa shape index (κ1) is 55.3. The largest absolute Gasteiger partial charge is 0.456 e. The normalized spacial score (nSPS) is 30.4. The Morgan fingerprint density at radius 2 is 1.54 bits per heavy atom. The summed E-state index contributed by atoms with van der Waals surface area (Å²) in [6.07, 6.45) is -11.0. The van der Waals surface area contributed by atoms with Crippen LogP contribution in [0.4, 0.5) is 10.5 Å². The fraction of sp³-hybridized carbons (Fsp3) is 0.500. The second-order valence-corrected chi connectivity index (χ2v) is 19.2. The minimum atomic E-state index is -2.36. The van der Waals surface area contributed by atoms with E-state index in [9.17, 15) is 44.9 Å². The zero-order chi connectivity index (χ0) is 47.4. The standard InChI is InChI=1S/C48H56N2O15.2Ac/c1-26-31(63-42(55)37(52)35(28-14-10-8-11-15-28)49-43(56)65-44(2,3)4)23-48(58)40(64-41(54)29-16-12-9-13-17-29)38-46(7,39(53)36(51)34(26)45(48,5)6)32(22-33-47(38,57)25-62-33)61-24-27-18-20-30(21-19-27)50(59)60;;/h8-21,31-33,35-38,40,51-52,57-58H,22-25H2,1-7H3,(H,49,56);;/t31?,32?,33?,35?,36?,37?,38?,40?,46-,47?,48?;;/m1../s1. The van der Waals surface area contributed by atoms with Crippen LogP contribution in [-0.2, 0) is 39.9 Å². The molecular weight excluding hydrogens is 1300 g/mol. The summed E-state index contributed by atoms with van der Waals surface area (Å²) in [5.74, 6) is -4.55. The minimum Gasteiger partial charge on any atom is -0.456 e. The van der Waals surface area contributed by atoms with Gasteiger partial charge in [0.2, 0.25) is 0 Å². The van der Waals surface area contributed by atoms with Gasteiger partial charge in [-0.1, -0.05) is 62.4 Å². The van der Waals surface area contributed by atoms with Crippen LogP contribution < -0.4 is 5.32 Å². The van der Waals surface area contributed by atoms with Crippen molar-refractivity contribution >= 4 is 29.5 Å². The number of amides is 1. The van der Waals surface area contributed by atoms with Crippen LogP contribution in [0.2, 0.25) is 0 Å². The first-order chi connectivity index (χ1) is 30.4. The van der Waals surface area contributed by atoms with Gasteiger partial charge in [0, 0.05) is 124 Å². The van der Waals surface area contributed by atoms with E-state index in [1.54, 1.807) is 83.1 Å². The van der Waals surface area contributed by atoms with Crippen molar-refractivity contribution in [2.24, 2.45) is 16.7 Å². The third kappa shape index (κ3) is 10.4. The van der Waals surface area contributed by atoms with Crippen LogP contribution in [0.5, 0.6) is 0 Å². The van der Waals surface area contributed by atoms with Crippen LogP contribution in [0.25, 0.3) is 0 Å². The topological polar surface area (TPSA) is 251 Å². The maximum absolute atomic E-state index is 15.4. The summed E-state index contributed by atoms with van der Waals surface area (Å²) in [4.78, 5) is 67.7. The molecule has 3 aromatic rings. The van der Waals surface area contributed by atoms with Crippen LogP contribution in [0.3, 0.4) is 0 Å². The number of esters is 2. The van der Waals surface area contributed by atoms with Gasteiger partial charge in [0.05, 0.1) is 47.4 Å². The van der Waals surface area contributed by atoms with Crippen molar-refractivity contribution in [3.8, 4) is 0 Å². The van der Waals surface area contributed by atoms with Gasteiger partial charge >= 0.3 is 18.0 Å². The van der Waals surface area contributed by atoms with Crippen molar-refractivity contribution < 1.29 is 156 Å². The van der Waals surface area contributed by atoms with Gasteiger partial charge in [0.15, 0.2) is 11.9 Å². The minimum absolute atomic E-state index is 0. The Balaban J connectivity index is 0.00000420. The summed E-state index contributed by atoms with van der Waals surface area (Å²) in [5.41, 5.74) is -7.93. The molecule has 1 saturated heterocycles. The molecule has 67 heavy (non-hydrogen) atoms. The van der Waals surface area contributed by atoms with Crippen LogP contribution in [-0.4, -0.2) is 109 Å². The van der Waals surface area contributed by atoms with Crippen molar-refractivity contribution in [2.45, 2.75) is 127 Å². The number of non-ortho nitro benzene ring substituents is 1. The van der Waals surface area contributed by atoms with Gasteiger partial charge in [-0.15, -0.1) is 0 Å². The fourth-order valence-corrected chi connectivity index (χ4v) is 10.3. The summed E-state index contributed by atoms with van der Waals surface area (Å²) in [5, 5.41) is 64.4. The average Bonchev–Trinajstić information content (AvgIpc) is 3.25. The third-order valence-corrected chi connectivity index (χ3v) is 13.8. The maximum atomic E-state index is 15.4. The number of carbonyl (C=O) groups excluding carboxylic acids is 4. The number of rotatable bonds is 11. The summed E-state index contributed by atoms with van der Waals surface area (Å²) in [6.45, 7) is 10.5. The van der Waals surface area contributed by atoms with Gasteiger partial charge in [-0.25, -0.2) is 14.4 Å². The molecule has 3 aliphatic carbocycles. The molecule has 3 aromatic carbocycles. The molecule has 0 spiro atoms.